The largest absolute Gasteiger partial charge is 0.491 e. The molecule has 0 fully saturated rings. The van der Waals surface area contributed by atoms with Gasteiger partial charge in [-0.05, 0) is 56.4 Å². The number of hydrogen-bond donors (Lipinski definition) is 1. The minimum Gasteiger partial charge on any atom is -0.491 e. The fourth-order valence-corrected chi connectivity index (χ4v) is 3.24. The Balaban J connectivity index is 0.00000544. The molecule has 0 aliphatic rings. The van der Waals surface area contributed by atoms with Crippen LogP contribution in [0.3, 0.4) is 0 Å². The van der Waals surface area contributed by atoms with Crippen molar-refractivity contribution in [2.75, 3.05) is 31.6 Å². The Labute approximate surface area is 207 Å². The summed E-state index contributed by atoms with van der Waals surface area (Å²) in [4.78, 5) is 14.6. The quantitative estimate of drug-likeness (QED) is 0.379. The number of hydrogen-bond acceptors (Lipinski definition) is 4. The van der Waals surface area contributed by atoms with E-state index in [2.05, 4.69) is 24.1 Å². The topological polar surface area (TPSA) is 50.8 Å². The summed E-state index contributed by atoms with van der Waals surface area (Å²) in [6, 6.07) is 7.50. The first-order valence-corrected chi connectivity index (χ1v) is 10.8. The van der Waals surface area contributed by atoms with Crippen molar-refractivity contribution in [1.29, 1.82) is 0 Å². The maximum atomic E-state index is 12.7. The molecule has 1 N–H and O–H groups in total. The number of likely N-dealkylation sites (N-methyl/N-ethyl adjacent to an activating group) is 1. The smallest absolute Gasteiger partial charge is 0.416 e. The van der Waals surface area contributed by atoms with Gasteiger partial charge in [0.15, 0.2) is 6.10 Å². The number of halogens is 6. The van der Waals surface area contributed by atoms with Crippen LogP contribution in [-0.2, 0) is 11.0 Å². The van der Waals surface area contributed by atoms with E-state index < -0.39 is 23.8 Å². The molecule has 1 amide bonds. The third-order valence-corrected chi connectivity index (χ3v) is 5.28. The number of carbonyl (C=O) groups excluding carboxylic acids is 1. The molecular formula is C22H26Cl3F3N2O3. The molecular weight excluding hydrogens is 504 g/mol. The standard InChI is InChI=1S/C22H25Cl2F3N2O3.ClH/c1-4-29(5-2)10-11-31-19-9-7-16(13-18(19)24)28-21(30)14(3)32-20-8-6-15(12-17(20)23)22(25,26)27;/h6-9,12-14H,4-5,10-11H2,1-3H3,(H,28,30);1H. The summed E-state index contributed by atoms with van der Waals surface area (Å²) in [5.41, 5.74) is -0.480. The SMILES string of the molecule is CCN(CC)CCOc1ccc(NC(=O)C(C)Oc2ccc(C(F)(F)F)cc2Cl)cc1Cl.Cl. The van der Waals surface area contributed by atoms with Crippen LogP contribution >= 0.6 is 35.6 Å². The molecule has 2 rings (SSSR count). The molecule has 0 aliphatic carbocycles. The van der Waals surface area contributed by atoms with Crippen LogP contribution in [-0.4, -0.2) is 43.2 Å². The zero-order valence-electron chi connectivity index (χ0n) is 18.3. The minimum absolute atomic E-state index is 0. The molecule has 33 heavy (non-hydrogen) atoms. The highest BCUT2D eigenvalue weighted by molar-refractivity contribution is 6.32. The van der Waals surface area contributed by atoms with E-state index in [-0.39, 0.29) is 23.2 Å². The molecule has 0 radical (unpaired) electrons. The Morgan fingerprint density at radius 2 is 1.67 bits per heavy atom. The van der Waals surface area contributed by atoms with Crippen molar-refractivity contribution in [2.45, 2.75) is 33.1 Å². The van der Waals surface area contributed by atoms with E-state index in [4.69, 9.17) is 32.7 Å². The van der Waals surface area contributed by atoms with Gasteiger partial charge in [0.25, 0.3) is 5.91 Å². The molecule has 184 valence electrons. The number of nitrogens with zero attached hydrogens (tertiary/aromatic N) is 1. The summed E-state index contributed by atoms with van der Waals surface area (Å²) in [7, 11) is 0. The van der Waals surface area contributed by atoms with Crippen LogP contribution in [0, 0.1) is 0 Å². The van der Waals surface area contributed by atoms with Crippen molar-refractivity contribution in [3.05, 3.63) is 52.0 Å². The molecule has 0 aliphatic heterocycles. The van der Waals surface area contributed by atoms with Crippen molar-refractivity contribution in [1.82, 2.24) is 4.90 Å². The first kappa shape index (κ1) is 29.2. The summed E-state index contributed by atoms with van der Waals surface area (Å²) in [6.07, 6.45) is -5.54. The Morgan fingerprint density at radius 3 is 2.21 bits per heavy atom. The van der Waals surface area contributed by atoms with Crippen LogP contribution in [0.4, 0.5) is 18.9 Å². The number of ether oxygens (including phenoxy) is 2. The van der Waals surface area contributed by atoms with Crippen molar-refractivity contribution in [2.24, 2.45) is 0 Å². The number of benzene rings is 2. The highest BCUT2D eigenvalue weighted by atomic mass is 35.5. The third kappa shape index (κ3) is 8.77. The molecule has 0 aromatic heterocycles. The van der Waals surface area contributed by atoms with Gasteiger partial charge in [0.2, 0.25) is 0 Å². The highest BCUT2D eigenvalue weighted by Gasteiger charge is 2.31. The first-order chi connectivity index (χ1) is 15.0. The molecule has 2 aromatic carbocycles. The van der Waals surface area contributed by atoms with E-state index in [0.29, 0.717) is 23.1 Å². The summed E-state index contributed by atoms with van der Waals surface area (Å²) in [5.74, 6) is -0.0535. The molecule has 1 unspecified atom stereocenters. The van der Waals surface area contributed by atoms with Crippen molar-refractivity contribution >= 4 is 47.2 Å². The predicted octanol–water partition coefficient (Wildman–Crippen LogP) is 6.56. The summed E-state index contributed by atoms with van der Waals surface area (Å²) in [6.45, 7) is 8.70. The monoisotopic (exact) mass is 528 g/mol. The van der Waals surface area contributed by atoms with Gasteiger partial charge in [-0.2, -0.15) is 13.2 Å². The fourth-order valence-electron chi connectivity index (χ4n) is 2.78. The van der Waals surface area contributed by atoms with Gasteiger partial charge in [-0.3, -0.25) is 4.79 Å². The van der Waals surface area contributed by atoms with Crippen LogP contribution in [0.1, 0.15) is 26.3 Å². The lowest BCUT2D eigenvalue weighted by Crippen LogP contribution is -2.30. The Hall–Kier alpha value is -1.87. The number of amides is 1. The van der Waals surface area contributed by atoms with Crippen molar-refractivity contribution in [3.8, 4) is 11.5 Å². The molecule has 0 saturated carbocycles. The fraction of sp³-hybridized carbons (Fsp3) is 0.409. The highest BCUT2D eigenvalue weighted by Crippen LogP contribution is 2.35. The lowest BCUT2D eigenvalue weighted by atomic mass is 10.2. The summed E-state index contributed by atoms with van der Waals surface area (Å²) < 4.78 is 49.4. The molecule has 0 heterocycles. The molecule has 5 nitrogen and oxygen atoms in total. The minimum atomic E-state index is -4.52. The number of carbonyl (C=O) groups is 1. The molecule has 2 aromatic rings. The summed E-state index contributed by atoms with van der Waals surface area (Å²) >= 11 is 12.1. The Bertz CT molecular complexity index is 925. The van der Waals surface area contributed by atoms with Crippen LogP contribution in [0.25, 0.3) is 0 Å². The molecule has 0 saturated heterocycles. The number of alkyl halides is 3. The molecule has 1 atom stereocenters. The normalized spacial score (nSPS) is 12.2. The third-order valence-electron chi connectivity index (χ3n) is 4.69. The van der Waals surface area contributed by atoms with Crippen LogP contribution < -0.4 is 14.8 Å². The maximum Gasteiger partial charge on any atom is 0.416 e. The van der Waals surface area contributed by atoms with Crippen molar-refractivity contribution < 1.29 is 27.4 Å². The molecule has 0 bridgehead atoms. The maximum absolute atomic E-state index is 12.7. The first-order valence-electron chi connectivity index (χ1n) is 10.0. The second-order valence-electron chi connectivity index (χ2n) is 6.91. The molecule has 0 spiro atoms. The number of anilines is 1. The second-order valence-corrected chi connectivity index (χ2v) is 7.73. The van der Waals surface area contributed by atoms with Crippen LogP contribution in [0.15, 0.2) is 36.4 Å². The van der Waals surface area contributed by atoms with Gasteiger partial charge < -0.3 is 19.7 Å². The van der Waals surface area contributed by atoms with Crippen LogP contribution in [0.5, 0.6) is 11.5 Å². The van der Waals surface area contributed by atoms with E-state index >= 15 is 0 Å². The average Bonchev–Trinajstić information content (AvgIpc) is 2.73. The van der Waals surface area contributed by atoms with Crippen molar-refractivity contribution in [3.63, 3.8) is 0 Å². The van der Waals surface area contributed by atoms with Gasteiger partial charge in [0, 0.05) is 12.2 Å². The number of rotatable bonds is 10. The predicted molar refractivity (Wildman–Crippen MR) is 127 cm³/mol. The van der Waals surface area contributed by atoms with Gasteiger partial charge in [-0.1, -0.05) is 37.0 Å². The van der Waals surface area contributed by atoms with E-state index in [0.717, 1.165) is 37.8 Å². The average molecular weight is 530 g/mol. The van der Waals surface area contributed by atoms with Gasteiger partial charge in [0.1, 0.15) is 18.1 Å². The number of nitrogens with one attached hydrogen (secondary N) is 1. The lowest BCUT2D eigenvalue weighted by Gasteiger charge is -2.19. The van der Waals surface area contributed by atoms with Gasteiger partial charge in [-0.25, -0.2) is 0 Å². The van der Waals surface area contributed by atoms with E-state index in [1.807, 2.05) is 0 Å². The van der Waals surface area contributed by atoms with Gasteiger partial charge >= 0.3 is 6.18 Å². The lowest BCUT2D eigenvalue weighted by molar-refractivity contribution is -0.137. The summed E-state index contributed by atoms with van der Waals surface area (Å²) in [5, 5.41) is 2.74. The molecule has 11 heteroatoms. The van der Waals surface area contributed by atoms with Gasteiger partial charge in [-0.15, -0.1) is 12.4 Å². The van der Waals surface area contributed by atoms with Crippen LogP contribution in [0.2, 0.25) is 10.0 Å². The van der Waals surface area contributed by atoms with Gasteiger partial charge in [0.05, 0.1) is 15.6 Å². The zero-order chi connectivity index (χ0) is 23.9. The van der Waals surface area contributed by atoms with E-state index in [1.54, 1.807) is 18.2 Å². The van der Waals surface area contributed by atoms with E-state index in [1.165, 1.54) is 6.92 Å². The Kier molecular flexibility index (Phi) is 11.6. The second kappa shape index (κ2) is 13.1. The van der Waals surface area contributed by atoms with E-state index in [9.17, 15) is 18.0 Å². The Morgan fingerprint density at radius 1 is 1.06 bits per heavy atom. The zero-order valence-corrected chi connectivity index (χ0v) is 20.7.